The van der Waals surface area contributed by atoms with E-state index in [-0.39, 0.29) is 37.2 Å². The maximum absolute atomic E-state index is 13.7. The second-order valence-corrected chi connectivity index (χ2v) is 7.41. The number of hydrogen-bond acceptors (Lipinski definition) is 4. The van der Waals surface area contributed by atoms with Gasteiger partial charge in [-0.25, -0.2) is 18.2 Å². The van der Waals surface area contributed by atoms with Crippen molar-refractivity contribution in [3.05, 3.63) is 71.9 Å². The summed E-state index contributed by atoms with van der Waals surface area (Å²) < 4.78 is 54.0. The van der Waals surface area contributed by atoms with E-state index < -0.39 is 23.6 Å². The van der Waals surface area contributed by atoms with Gasteiger partial charge in [-0.1, -0.05) is 6.07 Å². The van der Waals surface area contributed by atoms with Gasteiger partial charge in [-0.2, -0.15) is 4.39 Å². The highest BCUT2D eigenvalue weighted by Gasteiger charge is 2.37. The molecule has 0 aromatic carbocycles. The van der Waals surface area contributed by atoms with Crippen LogP contribution in [-0.2, 0) is 0 Å². The number of amides is 1. The minimum Gasteiger partial charge on any atom is -0.320 e. The van der Waals surface area contributed by atoms with E-state index >= 15 is 0 Å². The summed E-state index contributed by atoms with van der Waals surface area (Å²) >= 11 is 0. The molecule has 1 N–H and O–H groups in total. The maximum atomic E-state index is 13.7. The third-order valence-corrected chi connectivity index (χ3v) is 5.32. The maximum Gasteiger partial charge on any atom is 0.257 e. The normalized spacial score (nSPS) is 16.1. The summed E-state index contributed by atoms with van der Waals surface area (Å²) in [5, 5.41) is 2.70. The Morgan fingerprint density at radius 3 is 2.48 bits per heavy atom. The van der Waals surface area contributed by atoms with Crippen molar-refractivity contribution in [1.29, 1.82) is 0 Å². The highest BCUT2D eigenvalue weighted by molar-refractivity contribution is 6.06. The van der Waals surface area contributed by atoms with Crippen molar-refractivity contribution in [3.8, 4) is 11.3 Å². The minimum absolute atomic E-state index is 0.184. The standard InChI is InChI=1S/C22H18F4N4O/c23-16-11-14(12-29-20(16)24)21(31)30-19-15(17-3-1-2-9-27-17)6-10-28-18(19)13-4-7-22(25,26)8-5-13/h1-3,6,9-13H,4-5,7-8H2,(H,30,31). The van der Waals surface area contributed by atoms with Gasteiger partial charge in [-0.3, -0.25) is 14.8 Å². The molecule has 160 valence electrons. The molecule has 1 amide bonds. The summed E-state index contributed by atoms with van der Waals surface area (Å²) in [6, 6.07) is 7.65. The van der Waals surface area contributed by atoms with Crippen LogP contribution in [0.25, 0.3) is 11.3 Å². The lowest BCUT2D eigenvalue weighted by Gasteiger charge is -2.29. The molecule has 0 bridgehead atoms. The minimum atomic E-state index is -2.71. The Labute approximate surface area is 175 Å². The Morgan fingerprint density at radius 1 is 1.03 bits per heavy atom. The zero-order valence-corrected chi connectivity index (χ0v) is 16.3. The molecule has 9 heteroatoms. The average molecular weight is 430 g/mol. The fraction of sp³-hybridized carbons (Fsp3) is 0.273. The number of carbonyl (C=O) groups excluding carboxylic acids is 1. The predicted octanol–water partition coefficient (Wildman–Crippen LogP) is 5.36. The molecule has 1 aliphatic carbocycles. The van der Waals surface area contributed by atoms with Gasteiger partial charge in [0, 0.05) is 42.9 Å². The molecule has 0 radical (unpaired) electrons. The van der Waals surface area contributed by atoms with Crippen LogP contribution in [0, 0.1) is 11.8 Å². The van der Waals surface area contributed by atoms with E-state index in [1.54, 1.807) is 36.7 Å². The molecular weight excluding hydrogens is 412 g/mol. The highest BCUT2D eigenvalue weighted by Crippen LogP contribution is 2.44. The number of carbonyl (C=O) groups is 1. The first-order chi connectivity index (χ1) is 14.8. The molecule has 0 spiro atoms. The van der Waals surface area contributed by atoms with E-state index in [2.05, 4.69) is 20.3 Å². The van der Waals surface area contributed by atoms with E-state index in [1.807, 2.05) is 0 Å². The lowest BCUT2D eigenvalue weighted by molar-refractivity contribution is -0.0384. The second kappa shape index (κ2) is 8.41. The first-order valence-electron chi connectivity index (χ1n) is 9.74. The zero-order valence-electron chi connectivity index (χ0n) is 16.3. The molecule has 4 rings (SSSR count). The third kappa shape index (κ3) is 4.55. The molecule has 0 atom stereocenters. The van der Waals surface area contributed by atoms with Crippen LogP contribution in [0.15, 0.2) is 48.9 Å². The van der Waals surface area contributed by atoms with Gasteiger partial charge >= 0.3 is 0 Å². The number of aromatic nitrogens is 3. The largest absolute Gasteiger partial charge is 0.320 e. The molecule has 0 unspecified atom stereocenters. The van der Waals surface area contributed by atoms with Crippen LogP contribution in [0.2, 0.25) is 0 Å². The fourth-order valence-corrected chi connectivity index (χ4v) is 3.70. The van der Waals surface area contributed by atoms with Gasteiger partial charge in [0.15, 0.2) is 5.82 Å². The van der Waals surface area contributed by atoms with E-state index in [0.29, 0.717) is 22.6 Å². The number of pyridine rings is 3. The first-order valence-corrected chi connectivity index (χ1v) is 9.74. The highest BCUT2D eigenvalue weighted by atomic mass is 19.3. The zero-order chi connectivity index (χ0) is 22.0. The smallest absolute Gasteiger partial charge is 0.257 e. The van der Waals surface area contributed by atoms with Crippen molar-refractivity contribution >= 4 is 11.6 Å². The van der Waals surface area contributed by atoms with E-state index in [9.17, 15) is 22.4 Å². The van der Waals surface area contributed by atoms with Crippen LogP contribution in [0.1, 0.15) is 47.7 Å². The van der Waals surface area contributed by atoms with Crippen LogP contribution >= 0.6 is 0 Å². The summed E-state index contributed by atoms with van der Waals surface area (Å²) in [7, 11) is 0. The summed E-state index contributed by atoms with van der Waals surface area (Å²) in [4.78, 5) is 24.7. The SMILES string of the molecule is O=C(Nc1c(-c2ccccn2)ccnc1C1CCC(F)(F)CC1)c1cnc(F)c(F)c1. The second-order valence-electron chi connectivity index (χ2n) is 7.41. The van der Waals surface area contributed by atoms with Gasteiger partial charge in [0.2, 0.25) is 11.9 Å². The molecule has 3 aromatic heterocycles. The Kier molecular flexibility index (Phi) is 5.67. The first kappa shape index (κ1) is 20.9. The molecule has 31 heavy (non-hydrogen) atoms. The van der Waals surface area contributed by atoms with Gasteiger partial charge in [0.05, 0.1) is 22.6 Å². The number of nitrogens with zero attached hydrogens (tertiary/aromatic N) is 3. The number of rotatable bonds is 4. The summed E-state index contributed by atoms with van der Waals surface area (Å²) in [6.45, 7) is 0. The number of anilines is 1. The molecule has 0 saturated heterocycles. The molecule has 5 nitrogen and oxygen atoms in total. The van der Waals surface area contributed by atoms with Crippen molar-refractivity contribution in [3.63, 3.8) is 0 Å². The lowest BCUT2D eigenvalue weighted by Crippen LogP contribution is -2.25. The van der Waals surface area contributed by atoms with E-state index in [0.717, 1.165) is 12.3 Å². The van der Waals surface area contributed by atoms with Gasteiger partial charge in [-0.05, 0) is 37.1 Å². The van der Waals surface area contributed by atoms with Crippen LogP contribution in [0.5, 0.6) is 0 Å². The number of nitrogens with one attached hydrogen (secondary N) is 1. The van der Waals surface area contributed by atoms with E-state index in [4.69, 9.17) is 0 Å². The third-order valence-electron chi connectivity index (χ3n) is 5.32. The van der Waals surface area contributed by atoms with E-state index in [1.165, 1.54) is 0 Å². The Balaban J connectivity index is 1.74. The summed E-state index contributed by atoms with van der Waals surface area (Å²) in [5.74, 6) is -6.29. The molecule has 1 fully saturated rings. The molecular formula is C22H18F4N4O. The van der Waals surface area contributed by atoms with Crippen LogP contribution in [0.4, 0.5) is 23.2 Å². The van der Waals surface area contributed by atoms with Crippen molar-refractivity contribution < 1.29 is 22.4 Å². The van der Waals surface area contributed by atoms with Gasteiger partial charge in [-0.15, -0.1) is 0 Å². The monoisotopic (exact) mass is 430 g/mol. The molecule has 1 saturated carbocycles. The lowest BCUT2D eigenvalue weighted by atomic mass is 9.83. The molecule has 3 aromatic rings. The Hall–Kier alpha value is -3.36. The summed E-state index contributed by atoms with van der Waals surface area (Å²) in [5.41, 5.74) is 1.68. The van der Waals surface area contributed by atoms with Crippen molar-refractivity contribution in [2.24, 2.45) is 0 Å². The van der Waals surface area contributed by atoms with Crippen LogP contribution < -0.4 is 5.32 Å². The average Bonchev–Trinajstić information content (AvgIpc) is 2.76. The van der Waals surface area contributed by atoms with Crippen LogP contribution in [-0.4, -0.2) is 26.8 Å². The predicted molar refractivity (Wildman–Crippen MR) is 106 cm³/mol. The molecule has 1 aliphatic rings. The van der Waals surface area contributed by atoms with Gasteiger partial charge in [0.25, 0.3) is 5.91 Å². The van der Waals surface area contributed by atoms with Crippen LogP contribution in [0.3, 0.4) is 0 Å². The van der Waals surface area contributed by atoms with Gasteiger partial charge in [0.1, 0.15) is 0 Å². The quantitative estimate of drug-likeness (QED) is 0.447. The topological polar surface area (TPSA) is 67.8 Å². The van der Waals surface area contributed by atoms with Gasteiger partial charge < -0.3 is 5.32 Å². The molecule has 0 aliphatic heterocycles. The van der Waals surface area contributed by atoms with Crippen molar-refractivity contribution in [1.82, 2.24) is 15.0 Å². The molecule has 3 heterocycles. The summed E-state index contributed by atoms with van der Waals surface area (Å²) in [6.07, 6.45) is 3.93. The van der Waals surface area contributed by atoms with Crippen molar-refractivity contribution in [2.45, 2.75) is 37.5 Å². The Morgan fingerprint density at radius 2 is 1.81 bits per heavy atom. The number of hydrogen-bond donors (Lipinski definition) is 1. The Bertz CT molecular complexity index is 1100. The number of alkyl halides is 2. The number of halogens is 4. The van der Waals surface area contributed by atoms with Crippen molar-refractivity contribution in [2.75, 3.05) is 5.32 Å². The fourth-order valence-electron chi connectivity index (χ4n) is 3.70.